The van der Waals surface area contributed by atoms with Crippen LogP contribution in [0.2, 0.25) is 0 Å². The van der Waals surface area contributed by atoms with Gasteiger partial charge in [-0.3, -0.25) is 4.79 Å². The first-order valence-corrected chi connectivity index (χ1v) is 12.1. The number of hydrogen-bond acceptors (Lipinski definition) is 6. The Bertz CT molecular complexity index is 1160. The van der Waals surface area contributed by atoms with Crippen molar-refractivity contribution in [3.05, 3.63) is 66.4 Å². The van der Waals surface area contributed by atoms with Crippen molar-refractivity contribution in [2.24, 2.45) is 5.92 Å². The van der Waals surface area contributed by atoms with Gasteiger partial charge in [0.25, 0.3) is 5.91 Å². The molecular weight excluding hydrogens is 444 g/mol. The van der Waals surface area contributed by atoms with Crippen molar-refractivity contribution in [3.8, 4) is 34.3 Å². The molecular formula is C28H30N2O5. The van der Waals surface area contributed by atoms with Crippen LogP contribution >= 0.6 is 0 Å². The first-order valence-electron chi connectivity index (χ1n) is 12.1. The summed E-state index contributed by atoms with van der Waals surface area (Å²) in [6, 6.07) is 17.6. The standard InChI is InChI=1S/C28H30N2O5/c1-32-27-11-9-22(17-29-27)23-4-2-3-5-24(23)33-18-28(31)30-14-12-20(13-15-30)6-7-21-8-10-25-26(16-21)35-19-34-25/h2-5,8-11,16-17,20H,6-7,12-15,18-19H2,1H3. The molecule has 0 saturated carbocycles. The maximum absolute atomic E-state index is 12.8. The quantitative estimate of drug-likeness (QED) is 0.470. The Balaban J connectivity index is 1.10. The second-order valence-electron chi connectivity index (χ2n) is 8.92. The number of benzene rings is 2. The SMILES string of the molecule is COc1ccc(-c2ccccc2OCC(=O)N2CCC(CCc3ccc4c(c3)OCO4)CC2)cn1. The lowest BCUT2D eigenvalue weighted by Crippen LogP contribution is -2.41. The average Bonchev–Trinajstić information content (AvgIpc) is 3.39. The summed E-state index contributed by atoms with van der Waals surface area (Å²) in [6.07, 6.45) is 5.91. The van der Waals surface area contributed by atoms with E-state index < -0.39 is 0 Å². The molecule has 1 amide bonds. The van der Waals surface area contributed by atoms with Gasteiger partial charge in [0.2, 0.25) is 12.7 Å². The fraction of sp³-hybridized carbons (Fsp3) is 0.357. The number of hydrogen-bond donors (Lipinski definition) is 0. The number of aryl methyl sites for hydroxylation is 1. The van der Waals surface area contributed by atoms with Crippen LogP contribution in [0.1, 0.15) is 24.8 Å². The third-order valence-corrected chi connectivity index (χ3v) is 6.74. The molecule has 1 aromatic heterocycles. The van der Waals surface area contributed by atoms with Crippen LogP contribution in [0.25, 0.3) is 11.1 Å². The van der Waals surface area contributed by atoms with Crippen molar-refractivity contribution < 1.29 is 23.7 Å². The molecule has 1 saturated heterocycles. The Morgan fingerprint density at radius 3 is 2.69 bits per heavy atom. The number of amides is 1. The summed E-state index contributed by atoms with van der Waals surface area (Å²) >= 11 is 0. The van der Waals surface area contributed by atoms with Crippen LogP contribution in [0, 0.1) is 5.92 Å². The number of carbonyl (C=O) groups is 1. The first-order chi connectivity index (χ1) is 17.2. The molecule has 0 unspecified atom stereocenters. The molecule has 1 fully saturated rings. The molecule has 7 heteroatoms. The van der Waals surface area contributed by atoms with Gasteiger partial charge >= 0.3 is 0 Å². The Labute approximate surface area is 205 Å². The molecule has 35 heavy (non-hydrogen) atoms. The minimum absolute atomic E-state index is 0.0295. The molecule has 5 rings (SSSR count). The summed E-state index contributed by atoms with van der Waals surface area (Å²) in [5, 5.41) is 0. The number of fused-ring (bicyclic) bond motifs is 1. The van der Waals surface area contributed by atoms with E-state index in [1.807, 2.05) is 47.4 Å². The van der Waals surface area contributed by atoms with E-state index in [-0.39, 0.29) is 12.5 Å². The van der Waals surface area contributed by atoms with Crippen LogP contribution in [0.3, 0.4) is 0 Å². The van der Waals surface area contributed by atoms with Gasteiger partial charge in [0, 0.05) is 36.5 Å². The summed E-state index contributed by atoms with van der Waals surface area (Å²) in [5.41, 5.74) is 3.08. The van der Waals surface area contributed by atoms with E-state index >= 15 is 0 Å². The van der Waals surface area contributed by atoms with Gasteiger partial charge in [-0.2, -0.15) is 0 Å². The molecule has 7 nitrogen and oxygen atoms in total. The molecule has 2 aliphatic rings. The fourth-order valence-electron chi connectivity index (χ4n) is 4.66. The maximum Gasteiger partial charge on any atom is 0.260 e. The molecule has 0 bridgehead atoms. The predicted octanol–water partition coefficient (Wildman–Crippen LogP) is 4.74. The van der Waals surface area contributed by atoms with Gasteiger partial charge in [-0.15, -0.1) is 0 Å². The summed E-state index contributed by atoms with van der Waals surface area (Å²) in [7, 11) is 1.59. The second kappa shape index (κ2) is 10.7. The van der Waals surface area contributed by atoms with Gasteiger partial charge in [0.15, 0.2) is 18.1 Å². The first kappa shape index (κ1) is 23.0. The number of para-hydroxylation sites is 1. The van der Waals surface area contributed by atoms with Crippen LogP contribution in [0.5, 0.6) is 23.1 Å². The monoisotopic (exact) mass is 474 g/mol. The fourth-order valence-corrected chi connectivity index (χ4v) is 4.66. The van der Waals surface area contributed by atoms with Crippen LogP contribution in [-0.2, 0) is 11.2 Å². The largest absolute Gasteiger partial charge is 0.483 e. The van der Waals surface area contributed by atoms with Gasteiger partial charge < -0.3 is 23.8 Å². The smallest absolute Gasteiger partial charge is 0.260 e. The zero-order valence-electron chi connectivity index (χ0n) is 19.9. The van der Waals surface area contributed by atoms with Crippen molar-refractivity contribution >= 4 is 5.91 Å². The summed E-state index contributed by atoms with van der Waals surface area (Å²) < 4.78 is 22.0. The minimum atomic E-state index is 0.0295. The summed E-state index contributed by atoms with van der Waals surface area (Å²) in [5.74, 6) is 3.54. The Morgan fingerprint density at radius 1 is 1.06 bits per heavy atom. The van der Waals surface area contributed by atoms with Crippen LogP contribution in [0.15, 0.2) is 60.8 Å². The number of nitrogens with zero attached hydrogens (tertiary/aromatic N) is 2. The molecule has 0 atom stereocenters. The number of rotatable bonds is 8. The maximum atomic E-state index is 12.8. The number of piperidine rings is 1. The molecule has 182 valence electrons. The van der Waals surface area contributed by atoms with Gasteiger partial charge in [0.1, 0.15) is 5.75 Å². The van der Waals surface area contributed by atoms with Gasteiger partial charge in [-0.1, -0.05) is 24.3 Å². The molecule has 0 spiro atoms. The highest BCUT2D eigenvalue weighted by atomic mass is 16.7. The minimum Gasteiger partial charge on any atom is -0.483 e. The topological polar surface area (TPSA) is 70.1 Å². The molecule has 3 heterocycles. The molecule has 0 N–H and O–H groups in total. The van der Waals surface area contributed by atoms with Gasteiger partial charge in [-0.05, 0) is 61.4 Å². The highest BCUT2D eigenvalue weighted by molar-refractivity contribution is 5.78. The second-order valence-corrected chi connectivity index (χ2v) is 8.92. The molecule has 3 aromatic rings. The number of likely N-dealkylation sites (tertiary alicyclic amines) is 1. The lowest BCUT2D eigenvalue weighted by molar-refractivity contribution is -0.134. The van der Waals surface area contributed by atoms with E-state index in [4.69, 9.17) is 18.9 Å². The van der Waals surface area contributed by atoms with E-state index in [1.54, 1.807) is 13.3 Å². The molecule has 0 aliphatic carbocycles. The van der Waals surface area contributed by atoms with Gasteiger partial charge in [0.05, 0.1) is 7.11 Å². The van der Waals surface area contributed by atoms with E-state index in [9.17, 15) is 4.79 Å². The van der Waals surface area contributed by atoms with Crippen LogP contribution in [0.4, 0.5) is 0 Å². The Kier molecular flexibility index (Phi) is 7.02. The molecule has 2 aromatic carbocycles. The number of methoxy groups -OCH3 is 1. The van der Waals surface area contributed by atoms with Crippen LogP contribution in [-0.4, -0.2) is 49.4 Å². The van der Waals surface area contributed by atoms with Crippen molar-refractivity contribution in [1.82, 2.24) is 9.88 Å². The van der Waals surface area contributed by atoms with E-state index in [0.29, 0.717) is 24.3 Å². The third kappa shape index (κ3) is 5.50. The van der Waals surface area contributed by atoms with Gasteiger partial charge in [-0.25, -0.2) is 4.98 Å². The molecule has 2 aliphatic heterocycles. The normalized spacial score (nSPS) is 15.2. The number of aromatic nitrogens is 1. The van der Waals surface area contributed by atoms with Crippen molar-refractivity contribution in [2.75, 3.05) is 33.6 Å². The number of ether oxygens (including phenoxy) is 4. The molecule has 0 radical (unpaired) electrons. The Hall–Kier alpha value is -3.74. The third-order valence-electron chi connectivity index (χ3n) is 6.74. The lowest BCUT2D eigenvalue weighted by atomic mass is 9.90. The zero-order valence-corrected chi connectivity index (χ0v) is 19.9. The highest BCUT2D eigenvalue weighted by Gasteiger charge is 2.23. The van der Waals surface area contributed by atoms with Crippen LogP contribution < -0.4 is 18.9 Å². The average molecular weight is 475 g/mol. The summed E-state index contributed by atoms with van der Waals surface area (Å²) in [4.78, 5) is 19.0. The Morgan fingerprint density at radius 2 is 1.89 bits per heavy atom. The van der Waals surface area contributed by atoms with E-state index in [1.165, 1.54) is 5.56 Å². The van der Waals surface area contributed by atoms with Crippen molar-refractivity contribution in [3.63, 3.8) is 0 Å². The van der Waals surface area contributed by atoms with Crippen molar-refractivity contribution in [1.29, 1.82) is 0 Å². The van der Waals surface area contributed by atoms with Crippen molar-refractivity contribution in [2.45, 2.75) is 25.7 Å². The lowest BCUT2D eigenvalue weighted by Gasteiger charge is -2.32. The number of pyridine rings is 1. The van der Waals surface area contributed by atoms with E-state index in [0.717, 1.165) is 61.4 Å². The summed E-state index contributed by atoms with van der Waals surface area (Å²) in [6.45, 7) is 1.89. The predicted molar refractivity (Wildman–Crippen MR) is 132 cm³/mol. The van der Waals surface area contributed by atoms with E-state index in [2.05, 4.69) is 17.1 Å². The number of carbonyl (C=O) groups excluding carboxylic acids is 1. The zero-order chi connectivity index (χ0) is 24.0. The highest BCUT2D eigenvalue weighted by Crippen LogP contribution is 2.34.